The van der Waals surface area contributed by atoms with Gasteiger partial charge in [-0.05, 0) is 119 Å². The molecule has 0 unspecified atom stereocenters. The van der Waals surface area contributed by atoms with E-state index in [1.807, 2.05) is 0 Å². The number of fused-ring (bicyclic) bond motifs is 5. The zero-order chi connectivity index (χ0) is 40.3. The summed E-state index contributed by atoms with van der Waals surface area (Å²) < 4.78 is 2.40. The van der Waals surface area contributed by atoms with Gasteiger partial charge < -0.3 is 14.4 Å². The smallest absolute Gasteiger partial charge is 0.0561 e. The Morgan fingerprint density at radius 2 is 1.03 bits per heavy atom. The van der Waals surface area contributed by atoms with Crippen molar-refractivity contribution in [2.45, 2.75) is 12.8 Å². The fourth-order valence-corrected chi connectivity index (χ4v) is 9.79. The first-order chi connectivity index (χ1) is 30.3. The molecule has 0 saturated carbocycles. The van der Waals surface area contributed by atoms with Crippen molar-refractivity contribution >= 4 is 61.0 Å². The SMILES string of the molecule is C1=CCCC(N2c3ccccc3-c3ccc(-c4ccc(N(c5ccc(-c6ccccc6)cc5)c5ccc6c7ccccc7n(-c7ccccc7)c6c5)cc4)c4cccc2c34)=C1. The van der Waals surface area contributed by atoms with E-state index in [0.717, 1.165) is 35.6 Å². The van der Waals surface area contributed by atoms with Gasteiger partial charge in [0.1, 0.15) is 0 Å². The van der Waals surface area contributed by atoms with Crippen molar-refractivity contribution in [3.8, 4) is 39.1 Å². The predicted octanol–water partition coefficient (Wildman–Crippen LogP) is 16.1. The van der Waals surface area contributed by atoms with Gasteiger partial charge in [0.25, 0.3) is 0 Å². The van der Waals surface area contributed by atoms with Crippen LogP contribution in [0.5, 0.6) is 0 Å². The highest BCUT2D eigenvalue weighted by Gasteiger charge is 2.28. The third-order valence-electron chi connectivity index (χ3n) is 12.6. The van der Waals surface area contributed by atoms with Gasteiger partial charge in [0.2, 0.25) is 0 Å². The van der Waals surface area contributed by atoms with Crippen LogP contribution in [0, 0.1) is 0 Å². The van der Waals surface area contributed by atoms with Crippen molar-refractivity contribution in [2.24, 2.45) is 0 Å². The molecular formula is C58H41N3. The zero-order valence-electron chi connectivity index (χ0n) is 33.6. The number of anilines is 5. The molecular weight excluding hydrogens is 739 g/mol. The van der Waals surface area contributed by atoms with Crippen LogP contribution in [0.1, 0.15) is 12.8 Å². The molecule has 9 aromatic carbocycles. The first-order valence-corrected chi connectivity index (χ1v) is 21.2. The minimum atomic E-state index is 1.02. The molecule has 0 atom stereocenters. The van der Waals surface area contributed by atoms with Crippen molar-refractivity contribution in [3.05, 3.63) is 230 Å². The highest BCUT2D eigenvalue weighted by Crippen LogP contribution is 2.52. The highest BCUT2D eigenvalue weighted by atomic mass is 15.2. The lowest BCUT2D eigenvalue weighted by molar-refractivity contribution is 0.918. The molecule has 12 rings (SSSR count). The summed E-state index contributed by atoms with van der Waals surface area (Å²) in [6.07, 6.45) is 8.83. The summed E-state index contributed by atoms with van der Waals surface area (Å²) in [6.45, 7) is 0. The van der Waals surface area contributed by atoms with Crippen molar-refractivity contribution in [1.29, 1.82) is 0 Å². The average molecular weight is 780 g/mol. The van der Waals surface area contributed by atoms with Crippen LogP contribution in [0.15, 0.2) is 230 Å². The lowest BCUT2D eigenvalue weighted by atomic mass is 9.87. The van der Waals surface area contributed by atoms with Gasteiger partial charge >= 0.3 is 0 Å². The van der Waals surface area contributed by atoms with E-state index in [9.17, 15) is 0 Å². The topological polar surface area (TPSA) is 11.4 Å². The Labute approximate surface area is 356 Å². The van der Waals surface area contributed by atoms with Crippen molar-refractivity contribution in [3.63, 3.8) is 0 Å². The summed E-state index contributed by atoms with van der Waals surface area (Å²) in [5.41, 5.74) is 18.0. The molecule has 61 heavy (non-hydrogen) atoms. The molecule has 1 aliphatic heterocycles. The third-order valence-corrected chi connectivity index (χ3v) is 12.6. The second kappa shape index (κ2) is 14.4. The summed E-state index contributed by atoms with van der Waals surface area (Å²) >= 11 is 0. The summed E-state index contributed by atoms with van der Waals surface area (Å²) in [4.78, 5) is 4.89. The van der Waals surface area contributed by atoms with Gasteiger partial charge in [0.05, 0.1) is 22.4 Å². The molecule has 0 spiro atoms. The van der Waals surface area contributed by atoms with Crippen LogP contribution in [-0.2, 0) is 0 Å². The molecule has 0 bridgehead atoms. The number of rotatable bonds is 7. The second-order valence-electron chi connectivity index (χ2n) is 16.0. The van der Waals surface area contributed by atoms with Crippen molar-refractivity contribution in [1.82, 2.24) is 4.57 Å². The molecule has 0 saturated heterocycles. The number of benzene rings is 9. The van der Waals surface area contributed by atoms with E-state index in [-0.39, 0.29) is 0 Å². The van der Waals surface area contributed by atoms with E-state index in [1.54, 1.807) is 0 Å². The Balaban J connectivity index is 1.00. The van der Waals surface area contributed by atoms with Gasteiger partial charge in [-0.3, -0.25) is 0 Å². The first kappa shape index (κ1) is 35.1. The Kier molecular flexibility index (Phi) is 8.31. The molecule has 10 aromatic rings. The molecule has 0 amide bonds. The van der Waals surface area contributed by atoms with Crippen molar-refractivity contribution in [2.75, 3.05) is 9.80 Å². The minimum absolute atomic E-state index is 1.02. The van der Waals surface area contributed by atoms with Gasteiger partial charge in [0, 0.05) is 50.2 Å². The summed E-state index contributed by atoms with van der Waals surface area (Å²) in [7, 11) is 0. The Bertz CT molecular complexity index is 3340. The van der Waals surface area contributed by atoms with Crippen LogP contribution in [-0.4, -0.2) is 4.57 Å². The number of hydrogen-bond donors (Lipinski definition) is 0. The molecule has 2 heterocycles. The van der Waals surface area contributed by atoms with E-state index in [0.29, 0.717) is 0 Å². The van der Waals surface area contributed by atoms with Gasteiger partial charge in [-0.1, -0.05) is 152 Å². The summed E-state index contributed by atoms with van der Waals surface area (Å²) in [5.74, 6) is 0. The molecule has 0 radical (unpaired) electrons. The Hall–Kier alpha value is -7.88. The molecule has 3 nitrogen and oxygen atoms in total. The number of allylic oxidation sites excluding steroid dienone is 4. The van der Waals surface area contributed by atoms with E-state index < -0.39 is 0 Å². The lowest BCUT2D eigenvalue weighted by Gasteiger charge is -2.36. The van der Waals surface area contributed by atoms with Gasteiger partial charge in [0.15, 0.2) is 0 Å². The van der Waals surface area contributed by atoms with E-state index in [1.165, 1.54) is 83.0 Å². The molecule has 3 heteroatoms. The average Bonchev–Trinajstić information content (AvgIpc) is 3.67. The zero-order valence-corrected chi connectivity index (χ0v) is 33.6. The van der Waals surface area contributed by atoms with E-state index in [2.05, 4.69) is 239 Å². The van der Waals surface area contributed by atoms with Crippen LogP contribution >= 0.6 is 0 Å². The van der Waals surface area contributed by atoms with E-state index in [4.69, 9.17) is 0 Å². The number of para-hydroxylation sites is 3. The second-order valence-corrected chi connectivity index (χ2v) is 16.0. The van der Waals surface area contributed by atoms with Crippen LogP contribution in [0.2, 0.25) is 0 Å². The standard InChI is InChI=1S/C58H41N3/c1-4-15-40(16-5-1)41-27-31-45(32-28-41)59(47-35-36-51-49-21-10-12-24-54(49)61(57(51)39-47)44-19-8-3-9-20-44)46-33-29-42(30-34-46)48-37-38-53-50-22-11-13-25-55(50)60(43-17-6-2-7-18-43)56-26-14-23-52(48)58(53)56/h1-6,8-17,19-39H,7,18H2. The maximum atomic E-state index is 2.50. The van der Waals surface area contributed by atoms with Crippen molar-refractivity contribution < 1.29 is 0 Å². The number of aromatic nitrogens is 1. The summed E-state index contributed by atoms with van der Waals surface area (Å²) in [6, 6.07) is 75.5. The fraction of sp³-hybridized carbons (Fsp3) is 0.0345. The lowest BCUT2D eigenvalue weighted by Crippen LogP contribution is -2.20. The Morgan fingerprint density at radius 1 is 0.410 bits per heavy atom. The summed E-state index contributed by atoms with van der Waals surface area (Å²) in [5, 5.41) is 5.05. The van der Waals surface area contributed by atoms with Crippen LogP contribution < -0.4 is 9.80 Å². The number of hydrogen-bond acceptors (Lipinski definition) is 2. The quantitative estimate of drug-likeness (QED) is 0.160. The van der Waals surface area contributed by atoms with E-state index >= 15 is 0 Å². The third kappa shape index (κ3) is 5.81. The molecule has 0 N–H and O–H groups in total. The van der Waals surface area contributed by atoms with Gasteiger partial charge in [-0.15, -0.1) is 0 Å². The fourth-order valence-electron chi connectivity index (χ4n) is 9.79. The number of nitrogens with zero attached hydrogens (tertiary/aromatic N) is 3. The van der Waals surface area contributed by atoms with Crippen LogP contribution in [0.3, 0.4) is 0 Å². The monoisotopic (exact) mass is 779 g/mol. The largest absolute Gasteiger partial charge is 0.313 e. The maximum Gasteiger partial charge on any atom is 0.0561 e. The molecule has 2 aliphatic rings. The molecule has 0 fully saturated rings. The maximum absolute atomic E-state index is 2.50. The molecule has 1 aliphatic carbocycles. The highest BCUT2D eigenvalue weighted by molar-refractivity contribution is 6.16. The molecule has 1 aromatic heterocycles. The predicted molar refractivity (Wildman–Crippen MR) is 258 cm³/mol. The first-order valence-electron chi connectivity index (χ1n) is 21.2. The Morgan fingerprint density at radius 3 is 1.82 bits per heavy atom. The van der Waals surface area contributed by atoms with Gasteiger partial charge in [-0.2, -0.15) is 0 Å². The minimum Gasteiger partial charge on any atom is -0.313 e. The van der Waals surface area contributed by atoms with Crippen LogP contribution in [0.25, 0.3) is 71.6 Å². The normalized spacial score (nSPS) is 13.1. The van der Waals surface area contributed by atoms with Gasteiger partial charge in [-0.25, -0.2) is 0 Å². The van der Waals surface area contributed by atoms with Crippen LogP contribution in [0.4, 0.5) is 28.4 Å². The molecule has 288 valence electrons.